The summed E-state index contributed by atoms with van der Waals surface area (Å²) in [5.74, 6) is 0. The zero-order chi connectivity index (χ0) is 12.3. The Bertz CT molecular complexity index is 523. The first kappa shape index (κ1) is 11.9. The molecule has 2 heteroatoms. The number of hydrogen-bond acceptors (Lipinski definition) is 1. The molecule has 0 saturated carbocycles. The van der Waals surface area contributed by atoms with Gasteiger partial charge in [0, 0.05) is 19.3 Å². The second-order valence-electron chi connectivity index (χ2n) is 4.54. The molecule has 0 atom stereocenters. The van der Waals surface area contributed by atoms with Crippen LogP contribution in [0, 0.1) is 0 Å². The molecular formula is C15H20N2. The van der Waals surface area contributed by atoms with Gasteiger partial charge in [-0.2, -0.15) is 0 Å². The van der Waals surface area contributed by atoms with E-state index in [-0.39, 0.29) is 0 Å². The van der Waals surface area contributed by atoms with Crippen molar-refractivity contribution in [3.8, 4) is 0 Å². The third-order valence-electron chi connectivity index (χ3n) is 2.88. The number of nitrogens with zero attached hydrogens (tertiary/aromatic N) is 1. The minimum absolute atomic E-state index is 0.895. The van der Waals surface area contributed by atoms with Gasteiger partial charge in [0.1, 0.15) is 0 Å². The van der Waals surface area contributed by atoms with Gasteiger partial charge in [0.2, 0.25) is 0 Å². The third kappa shape index (κ3) is 2.59. The fraction of sp³-hybridized carbons (Fsp3) is 0.333. The summed E-state index contributed by atoms with van der Waals surface area (Å²) in [5.41, 5.74) is 3.87. The van der Waals surface area contributed by atoms with Crippen LogP contribution in [0.5, 0.6) is 0 Å². The van der Waals surface area contributed by atoms with Crippen LogP contribution in [0.4, 0.5) is 0 Å². The molecule has 0 amide bonds. The highest BCUT2D eigenvalue weighted by molar-refractivity contribution is 5.83. The highest BCUT2D eigenvalue weighted by Gasteiger charge is 2.05. The van der Waals surface area contributed by atoms with Crippen molar-refractivity contribution in [1.82, 2.24) is 9.88 Å². The summed E-state index contributed by atoms with van der Waals surface area (Å²) in [6, 6.07) is 8.66. The van der Waals surface area contributed by atoms with Gasteiger partial charge in [-0.25, -0.2) is 0 Å². The topological polar surface area (TPSA) is 17.0 Å². The fourth-order valence-electron chi connectivity index (χ4n) is 2.17. The maximum atomic E-state index is 3.99. The van der Waals surface area contributed by atoms with Gasteiger partial charge in [-0.1, -0.05) is 37.3 Å². The van der Waals surface area contributed by atoms with Crippen molar-refractivity contribution in [3.63, 3.8) is 0 Å². The summed E-state index contributed by atoms with van der Waals surface area (Å²) in [5, 5.41) is 4.70. The minimum Gasteiger partial charge on any atom is -0.343 e. The number of rotatable bonds is 5. The second kappa shape index (κ2) is 5.19. The number of benzene rings is 1. The van der Waals surface area contributed by atoms with E-state index in [9.17, 15) is 0 Å². The van der Waals surface area contributed by atoms with E-state index in [0.29, 0.717) is 0 Å². The Hall–Kier alpha value is -1.54. The van der Waals surface area contributed by atoms with E-state index in [1.165, 1.54) is 22.0 Å². The van der Waals surface area contributed by atoms with Gasteiger partial charge >= 0.3 is 0 Å². The zero-order valence-electron chi connectivity index (χ0n) is 10.7. The maximum Gasteiger partial charge on any atom is 0.0528 e. The van der Waals surface area contributed by atoms with Crippen molar-refractivity contribution in [2.45, 2.75) is 26.9 Å². The second-order valence-corrected chi connectivity index (χ2v) is 4.54. The van der Waals surface area contributed by atoms with Crippen molar-refractivity contribution in [2.75, 3.05) is 6.54 Å². The summed E-state index contributed by atoms with van der Waals surface area (Å²) in [6.07, 6.45) is 2.15. The fourth-order valence-corrected chi connectivity index (χ4v) is 2.17. The van der Waals surface area contributed by atoms with Gasteiger partial charge in [-0.05, 0) is 30.5 Å². The third-order valence-corrected chi connectivity index (χ3v) is 2.88. The Balaban J connectivity index is 2.43. The van der Waals surface area contributed by atoms with E-state index in [1.54, 1.807) is 0 Å². The predicted octanol–water partition coefficient (Wildman–Crippen LogP) is 3.33. The molecule has 0 fully saturated rings. The summed E-state index contributed by atoms with van der Waals surface area (Å²) >= 11 is 0. The van der Waals surface area contributed by atoms with E-state index in [4.69, 9.17) is 0 Å². The molecule has 2 aromatic rings. The molecule has 1 heterocycles. The lowest BCUT2D eigenvalue weighted by atomic mass is 10.1. The molecule has 0 spiro atoms. The smallest absolute Gasteiger partial charge is 0.0528 e. The molecule has 0 unspecified atom stereocenters. The van der Waals surface area contributed by atoms with Gasteiger partial charge in [-0.15, -0.1) is 0 Å². The standard InChI is InChI=1S/C15H20N2/c1-4-16-10-14-7-5-6-13-8-9-17(15(13)14)11-12(2)3/h5-9,16H,2,4,10-11H2,1,3H3. The average molecular weight is 228 g/mol. The summed E-state index contributed by atoms with van der Waals surface area (Å²) in [7, 11) is 0. The number of fused-ring (bicyclic) bond motifs is 1. The Morgan fingerprint density at radius 1 is 1.35 bits per heavy atom. The van der Waals surface area contributed by atoms with Crippen LogP contribution in [-0.4, -0.2) is 11.1 Å². The number of aromatic nitrogens is 1. The number of nitrogens with one attached hydrogen (secondary N) is 1. The summed E-state index contributed by atoms with van der Waals surface area (Å²) in [6.45, 7) is 11.0. The predicted molar refractivity (Wildman–Crippen MR) is 74.1 cm³/mol. The van der Waals surface area contributed by atoms with Crippen molar-refractivity contribution in [1.29, 1.82) is 0 Å². The van der Waals surface area contributed by atoms with Crippen molar-refractivity contribution < 1.29 is 0 Å². The van der Waals surface area contributed by atoms with Crippen LogP contribution >= 0.6 is 0 Å². The van der Waals surface area contributed by atoms with Gasteiger partial charge in [0.25, 0.3) is 0 Å². The van der Waals surface area contributed by atoms with Crippen molar-refractivity contribution in [3.05, 3.63) is 48.2 Å². The number of hydrogen-bond donors (Lipinski definition) is 1. The average Bonchev–Trinajstić information content (AvgIpc) is 2.70. The molecular weight excluding hydrogens is 208 g/mol. The molecule has 0 radical (unpaired) electrons. The quantitative estimate of drug-likeness (QED) is 0.777. The molecule has 0 aliphatic carbocycles. The molecule has 1 aromatic carbocycles. The Kier molecular flexibility index (Phi) is 3.64. The Morgan fingerprint density at radius 3 is 2.88 bits per heavy atom. The maximum absolute atomic E-state index is 3.99. The molecule has 2 nitrogen and oxygen atoms in total. The molecule has 0 aliphatic rings. The first-order valence-electron chi connectivity index (χ1n) is 6.14. The van der Waals surface area contributed by atoms with Crippen LogP contribution in [0.1, 0.15) is 19.4 Å². The lowest BCUT2D eigenvalue weighted by Crippen LogP contribution is -2.13. The van der Waals surface area contributed by atoms with Gasteiger partial charge in [0.15, 0.2) is 0 Å². The number of allylic oxidation sites excluding steroid dienone is 1. The molecule has 1 aromatic heterocycles. The van der Waals surface area contributed by atoms with Gasteiger partial charge < -0.3 is 9.88 Å². The van der Waals surface area contributed by atoms with Crippen LogP contribution in [0.3, 0.4) is 0 Å². The van der Waals surface area contributed by atoms with E-state index in [1.807, 2.05) is 0 Å². The molecule has 0 bridgehead atoms. The molecule has 1 N–H and O–H groups in total. The Labute approximate surface area is 103 Å². The molecule has 0 aliphatic heterocycles. The lowest BCUT2D eigenvalue weighted by Gasteiger charge is -2.10. The Morgan fingerprint density at radius 2 is 2.18 bits per heavy atom. The van der Waals surface area contributed by atoms with Crippen molar-refractivity contribution >= 4 is 10.9 Å². The first-order valence-corrected chi connectivity index (χ1v) is 6.14. The van der Waals surface area contributed by atoms with Gasteiger partial charge in [0.05, 0.1) is 5.52 Å². The minimum atomic E-state index is 0.895. The first-order chi connectivity index (χ1) is 8.22. The molecule has 17 heavy (non-hydrogen) atoms. The highest BCUT2D eigenvalue weighted by atomic mass is 15.0. The van der Waals surface area contributed by atoms with E-state index in [0.717, 1.165) is 19.6 Å². The number of para-hydroxylation sites is 1. The van der Waals surface area contributed by atoms with Crippen molar-refractivity contribution in [2.24, 2.45) is 0 Å². The molecule has 90 valence electrons. The van der Waals surface area contributed by atoms with E-state index < -0.39 is 0 Å². The molecule has 0 saturated heterocycles. The molecule has 2 rings (SSSR count). The largest absolute Gasteiger partial charge is 0.343 e. The summed E-state index contributed by atoms with van der Waals surface area (Å²) in [4.78, 5) is 0. The van der Waals surface area contributed by atoms with E-state index >= 15 is 0 Å². The van der Waals surface area contributed by atoms with E-state index in [2.05, 4.69) is 60.8 Å². The van der Waals surface area contributed by atoms with Crippen LogP contribution in [0.15, 0.2) is 42.6 Å². The normalized spacial score (nSPS) is 10.9. The lowest BCUT2D eigenvalue weighted by molar-refractivity contribution is 0.723. The monoisotopic (exact) mass is 228 g/mol. The zero-order valence-corrected chi connectivity index (χ0v) is 10.7. The van der Waals surface area contributed by atoms with Crippen LogP contribution in [0.25, 0.3) is 10.9 Å². The van der Waals surface area contributed by atoms with Crippen LogP contribution in [0.2, 0.25) is 0 Å². The van der Waals surface area contributed by atoms with Crippen LogP contribution in [-0.2, 0) is 13.1 Å². The van der Waals surface area contributed by atoms with Crippen LogP contribution < -0.4 is 5.32 Å². The summed E-state index contributed by atoms with van der Waals surface area (Å²) < 4.78 is 2.28. The highest BCUT2D eigenvalue weighted by Crippen LogP contribution is 2.21. The van der Waals surface area contributed by atoms with Gasteiger partial charge in [-0.3, -0.25) is 0 Å². The SMILES string of the molecule is C=C(C)Cn1ccc2cccc(CNCC)c21.